The van der Waals surface area contributed by atoms with Crippen LogP contribution in [0.1, 0.15) is 55.7 Å². The number of hydrogen-bond donors (Lipinski definition) is 2. The quantitative estimate of drug-likeness (QED) is 0.833. The van der Waals surface area contributed by atoms with Gasteiger partial charge in [-0.25, -0.2) is 0 Å². The minimum Gasteiger partial charge on any atom is -0.423 e. The summed E-state index contributed by atoms with van der Waals surface area (Å²) in [4.78, 5) is 17.5. The molecule has 0 aliphatic heterocycles. The lowest BCUT2D eigenvalue weighted by molar-refractivity contribution is 0.106. The van der Waals surface area contributed by atoms with Crippen LogP contribution in [0.4, 0.5) is 0 Å². The Morgan fingerprint density at radius 2 is 1.86 bits per heavy atom. The average molecular weight is 305 g/mol. The highest BCUT2D eigenvalue weighted by molar-refractivity contribution is 7.08. The second kappa shape index (κ2) is 5.34. The number of pyridine rings is 1. The Hall–Kier alpha value is -0.978. The van der Waals surface area contributed by atoms with Gasteiger partial charge in [0.25, 0.3) is 0 Å². The maximum Gasteiger partial charge on any atom is 0.490 e. The van der Waals surface area contributed by atoms with E-state index in [9.17, 15) is 14.8 Å². The molecule has 0 radical (unpaired) electrons. The molecule has 1 heterocycles. The first kappa shape index (κ1) is 16.4. The summed E-state index contributed by atoms with van der Waals surface area (Å²) in [6.45, 7) is 10.2. The van der Waals surface area contributed by atoms with Gasteiger partial charge >= 0.3 is 7.12 Å². The van der Waals surface area contributed by atoms with Crippen molar-refractivity contribution in [1.82, 2.24) is 4.98 Å². The van der Waals surface area contributed by atoms with Gasteiger partial charge in [-0.05, 0) is 23.9 Å². The summed E-state index contributed by atoms with van der Waals surface area (Å²) < 4.78 is 0. The fraction of sp³-hybridized carbons (Fsp3) is 0.600. The van der Waals surface area contributed by atoms with Crippen LogP contribution in [0.5, 0.6) is 0 Å². The van der Waals surface area contributed by atoms with Crippen molar-refractivity contribution in [1.29, 1.82) is 0 Å². The molecule has 1 fully saturated rings. The zero-order valence-electron chi connectivity index (χ0n) is 13.5. The lowest BCUT2D eigenvalue weighted by atomic mass is 9.79. The molecule has 114 valence electrons. The molecule has 0 amide bonds. The highest BCUT2D eigenvalue weighted by Crippen LogP contribution is 2.40. The van der Waals surface area contributed by atoms with Gasteiger partial charge in [0.2, 0.25) is 0 Å². The van der Waals surface area contributed by atoms with Gasteiger partial charge in [-0.1, -0.05) is 39.9 Å². The molecule has 0 saturated heterocycles. The maximum absolute atomic E-state index is 13.0. The van der Waals surface area contributed by atoms with Gasteiger partial charge in [0.1, 0.15) is 13.8 Å². The van der Waals surface area contributed by atoms with Crippen LogP contribution in [0.15, 0.2) is 12.1 Å². The molecule has 0 bridgehead atoms. The molecule has 2 N–H and O–H groups in total. The molecule has 21 heavy (non-hydrogen) atoms. The van der Waals surface area contributed by atoms with Crippen molar-refractivity contribution in [2.45, 2.75) is 57.7 Å². The van der Waals surface area contributed by atoms with Crippen LogP contribution in [0.3, 0.4) is 0 Å². The van der Waals surface area contributed by atoms with Gasteiger partial charge in [0.15, 0.2) is 5.41 Å². The molecule has 0 atom stereocenters. The van der Waals surface area contributed by atoms with Crippen LogP contribution in [0, 0.1) is 0 Å². The molecule has 1 aliphatic carbocycles. The first-order valence-electron chi connectivity index (χ1n) is 7.47. The van der Waals surface area contributed by atoms with E-state index in [0.717, 1.165) is 18.5 Å². The molecule has 1 aromatic heterocycles. The predicted molar refractivity (Wildman–Crippen MR) is 87.6 cm³/mol. The Labute approximate surface area is 127 Å². The van der Waals surface area contributed by atoms with E-state index in [0.29, 0.717) is 5.92 Å². The second-order valence-corrected chi connectivity index (χ2v) is 12.7. The van der Waals surface area contributed by atoms with Crippen molar-refractivity contribution < 1.29 is 14.8 Å². The standard InChI is InChI=1S/C15H24BNO3Si/c1-15(2,3)21(4,5)14(18)13-11(16(19)20)8-9-12(17-13)10-6-7-10/h8-10,19-20H,6-7H2,1-5H3. The maximum atomic E-state index is 13.0. The van der Waals surface area contributed by atoms with E-state index >= 15 is 0 Å². The first-order valence-corrected chi connectivity index (χ1v) is 10.5. The third kappa shape index (κ3) is 3.12. The summed E-state index contributed by atoms with van der Waals surface area (Å²) in [7, 11) is -3.95. The summed E-state index contributed by atoms with van der Waals surface area (Å²) in [5.74, 6) is 0.431. The molecular formula is C15H24BNO3Si. The van der Waals surface area contributed by atoms with E-state index in [1.165, 1.54) is 0 Å². The molecule has 1 saturated carbocycles. The van der Waals surface area contributed by atoms with Crippen molar-refractivity contribution in [2.75, 3.05) is 0 Å². The molecule has 0 unspecified atom stereocenters. The van der Waals surface area contributed by atoms with Crippen molar-refractivity contribution >= 4 is 26.1 Å². The second-order valence-electron chi connectivity index (χ2n) is 7.53. The number of carbonyl (C=O) groups excluding carboxylic acids is 1. The molecule has 4 nitrogen and oxygen atoms in total. The largest absolute Gasteiger partial charge is 0.490 e. The smallest absolute Gasteiger partial charge is 0.423 e. The fourth-order valence-electron chi connectivity index (χ4n) is 2.12. The Bertz CT molecular complexity index is 563. The van der Waals surface area contributed by atoms with Crippen LogP contribution in [0.25, 0.3) is 0 Å². The van der Waals surface area contributed by atoms with E-state index in [1.54, 1.807) is 6.07 Å². The molecule has 6 heteroatoms. The lowest BCUT2D eigenvalue weighted by Crippen LogP contribution is -2.50. The predicted octanol–water partition coefficient (Wildman–Crippen LogP) is 1.87. The molecule has 0 aromatic carbocycles. The summed E-state index contributed by atoms with van der Waals surface area (Å²) in [5, 5.41) is 19.0. The normalized spacial score (nSPS) is 16.0. The Kier molecular flexibility index (Phi) is 4.17. The Morgan fingerprint density at radius 1 is 1.29 bits per heavy atom. The van der Waals surface area contributed by atoms with Crippen LogP contribution >= 0.6 is 0 Å². The van der Waals surface area contributed by atoms with Crippen molar-refractivity contribution in [3.05, 3.63) is 23.5 Å². The minimum absolute atomic E-state index is 0.000556. The van der Waals surface area contributed by atoms with Crippen LogP contribution in [0.2, 0.25) is 18.1 Å². The molecular weight excluding hydrogens is 281 g/mol. The highest BCUT2D eigenvalue weighted by atomic mass is 28.3. The number of rotatable bonds is 4. The van der Waals surface area contributed by atoms with Crippen LogP contribution in [-0.4, -0.2) is 35.6 Å². The Balaban J connectivity index is 2.49. The SMILES string of the molecule is CC(C)(C)[Si](C)(C)C(=O)c1nc(C2CC2)ccc1B(O)O. The summed E-state index contributed by atoms with van der Waals surface area (Å²) >= 11 is 0. The van der Waals surface area contributed by atoms with Crippen LogP contribution in [-0.2, 0) is 0 Å². The third-order valence-electron chi connectivity index (χ3n) is 4.88. The van der Waals surface area contributed by atoms with Gasteiger partial charge in [-0.3, -0.25) is 9.78 Å². The number of aromatic nitrogens is 1. The van der Waals surface area contributed by atoms with E-state index in [-0.39, 0.29) is 21.6 Å². The number of hydrogen-bond acceptors (Lipinski definition) is 4. The van der Waals surface area contributed by atoms with Crippen molar-refractivity contribution in [3.63, 3.8) is 0 Å². The van der Waals surface area contributed by atoms with E-state index in [1.807, 2.05) is 19.2 Å². The topological polar surface area (TPSA) is 70.4 Å². The highest BCUT2D eigenvalue weighted by Gasteiger charge is 2.44. The van der Waals surface area contributed by atoms with Gasteiger partial charge in [0.05, 0.1) is 0 Å². The first-order chi connectivity index (χ1) is 9.55. The van der Waals surface area contributed by atoms with Gasteiger partial charge < -0.3 is 10.0 Å². The van der Waals surface area contributed by atoms with E-state index in [4.69, 9.17) is 0 Å². The van der Waals surface area contributed by atoms with Crippen LogP contribution < -0.4 is 5.46 Å². The van der Waals surface area contributed by atoms with Crippen molar-refractivity contribution in [2.24, 2.45) is 0 Å². The molecule has 2 rings (SSSR count). The van der Waals surface area contributed by atoms with E-state index in [2.05, 4.69) is 25.8 Å². The Morgan fingerprint density at radius 3 is 2.29 bits per heavy atom. The monoisotopic (exact) mass is 305 g/mol. The molecule has 1 aliphatic rings. The average Bonchev–Trinajstić information content (AvgIpc) is 3.19. The van der Waals surface area contributed by atoms with Crippen molar-refractivity contribution in [3.8, 4) is 0 Å². The van der Waals surface area contributed by atoms with Gasteiger partial charge in [0, 0.05) is 17.1 Å². The number of nitrogens with zero attached hydrogens (tertiary/aromatic N) is 1. The zero-order chi connectivity index (χ0) is 16.0. The fourth-order valence-corrected chi connectivity index (χ4v) is 3.59. The minimum atomic E-state index is -2.29. The lowest BCUT2D eigenvalue weighted by Gasteiger charge is -2.35. The zero-order valence-corrected chi connectivity index (χ0v) is 14.5. The summed E-state index contributed by atoms with van der Waals surface area (Å²) in [6, 6.07) is 3.46. The summed E-state index contributed by atoms with van der Waals surface area (Å²) in [5.41, 5.74) is 1.40. The molecule has 1 aromatic rings. The third-order valence-corrected chi connectivity index (χ3v) is 10.0. The van der Waals surface area contributed by atoms with Gasteiger partial charge in [-0.2, -0.15) is 0 Å². The number of carbonyl (C=O) groups is 1. The summed E-state index contributed by atoms with van der Waals surface area (Å²) in [6.07, 6.45) is 2.20. The van der Waals surface area contributed by atoms with Gasteiger partial charge in [-0.15, -0.1) is 0 Å². The van der Waals surface area contributed by atoms with E-state index < -0.39 is 15.2 Å². The molecule has 0 spiro atoms.